The van der Waals surface area contributed by atoms with Gasteiger partial charge < -0.3 is 10.1 Å². The van der Waals surface area contributed by atoms with Gasteiger partial charge in [0.15, 0.2) is 0 Å². The van der Waals surface area contributed by atoms with E-state index in [1.54, 1.807) is 0 Å². The van der Waals surface area contributed by atoms with Crippen molar-refractivity contribution < 1.29 is 4.74 Å². The second-order valence-electron chi connectivity index (χ2n) is 5.31. The lowest BCUT2D eigenvalue weighted by Crippen LogP contribution is -2.12. The van der Waals surface area contributed by atoms with Crippen molar-refractivity contribution in [1.82, 2.24) is 10.2 Å². The number of aryl methyl sites for hydroxylation is 1. The maximum absolute atomic E-state index is 11.5. The summed E-state index contributed by atoms with van der Waals surface area (Å²) in [6, 6.07) is 15.5. The summed E-state index contributed by atoms with van der Waals surface area (Å²) in [7, 11) is 0. The molecule has 122 valence electrons. The third-order valence-electron chi connectivity index (χ3n) is 3.45. The minimum absolute atomic E-state index is 0.0853. The minimum atomic E-state index is -0.425. The first-order valence-electron chi connectivity index (χ1n) is 7.43. The molecule has 0 saturated carbocycles. The van der Waals surface area contributed by atoms with Gasteiger partial charge in [-0.2, -0.15) is 5.10 Å². The lowest BCUT2D eigenvalue weighted by molar-refractivity contribution is 0.476. The van der Waals surface area contributed by atoms with Crippen molar-refractivity contribution in [2.24, 2.45) is 0 Å². The second kappa shape index (κ2) is 7.19. The van der Waals surface area contributed by atoms with Crippen LogP contribution in [0.2, 0.25) is 5.02 Å². The molecule has 0 aliphatic carbocycles. The van der Waals surface area contributed by atoms with E-state index >= 15 is 0 Å². The van der Waals surface area contributed by atoms with Crippen molar-refractivity contribution in [2.75, 3.05) is 5.32 Å². The molecule has 2 aromatic carbocycles. The molecule has 0 unspecified atom stereocenters. The molecule has 0 amide bonds. The number of nitrogens with one attached hydrogen (secondary N) is 2. The minimum Gasteiger partial charge on any atom is -0.457 e. The Hall–Kier alpha value is -2.79. The van der Waals surface area contributed by atoms with E-state index in [9.17, 15) is 4.79 Å². The van der Waals surface area contributed by atoms with Crippen molar-refractivity contribution in [3.63, 3.8) is 0 Å². The van der Waals surface area contributed by atoms with Crippen molar-refractivity contribution in [3.05, 3.63) is 81.2 Å². The van der Waals surface area contributed by atoms with E-state index in [1.165, 1.54) is 6.20 Å². The number of nitrogens with zero attached hydrogens (tertiary/aromatic N) is 1. The van der Waals surface area contributed by atoms with Gasteiger partial charge in [0.2, 0.25) is 0 Å². The zero-order valence-electron chi connectivity index (χ0n) is 13.0. The third kappa shape index (κ3) is 3.75. The van der Waals surface area contributed by atoms with Crippen LogP contribution in [-0.2, 0) is 6.54 Å². The first kappa shape index (κ1) is 16.1. The molecule has 5 nitrogen and oxygen atoms in total. The monoisotopic (exact) mass is 341 g/mol. The average Bonchev–Trinajstić information content (AvgIpc) is 2.57. The maximum Gasteiger partial charge on any atom is 0.285 e. The molecule has 0 aliphatic rings. The molecule has 3 rings (SSSR count). The first-order chi connectivity index (χ1) is 11.6. The number of H-pyrrole nitrogens is 1. The van der Waals surface area contributed by atoms with Gasteiger partial charge in [0, 0.05) is 12.1 Å². The highest BCUT2D eigenvalue weighted by atomic mass is 35.5. The number of anilines is 1. The van der Waals surface area contributed by atoms with Crippen LogP contribution in [0.5, 0.6) is 11.5 Å². The van der Waals surface area contributed by atoms with Crippen LogP contribution >= 0.6 is 11.6 Å². The standard InChI is InChI=1S/C18H16ClN3O2/c1-12-5-4-7-14(9-12)24-16-8-3-2-6-13(16)10-20-15-11-21-22-18(23)17(15)19/h2-9,11H,10H2,1H3,(H2,20,22,23). The smallest absolute Gasteiger partial charge is 0.285 e. The molecule has 1 heterocycles. The molecule has 0 radical (unpaired) electrons. The Balaban J connectivity index is 1.79. The zero-order valence-corrected chi connectivity index (χ0v) is 13.8. The third-order valence-corrected chi connectivity index (χ3v) is 3.83. The summed E-state index contributed by atoms with van der Waals surface area (Å²) in [4.78, 5) is 11.5. The molecule has 0 aliphatic heterocycles. The fourth-order valence-corrected chi connectivity index (χ4v) is 2.41. The molecule has 1 aromatic heterocycles. The van der Waals surface area contributed by atoms with Crippen LogP contribution in [0, 0.1) is 6.92 Å². The molecule has 6 heteroatoms. The predicted octanol–water partition coefficient (Wildman–Crippen LogP) is 4.14. The van der Waals surface area contributed by atoms with Crippen LogP contribution < -0.4 is 15.6 Å². The number of aromatic amines is 1. The van der Waals surface area contributed by atoms with E-state index in [0.29, 0.717) is 12.2 Å². The molecule has 24 heavy (non-hydrogen) atoms. The highest BCUT2D eigenvalue weighted by molar-refractivity contribution is 6.32. The lowest BCUT2D eigenvalue weighted by Gasteiger charge is -2.13. The molecule has 3 aromatic rings. The topological polar surface area (TPSA) is 67.0 Å². The molecule has 2 N–H and O–H groups in total. The van der Waals surface area contributed by atoms with E-state index in [2.05, 4.69) is 15.5 Å². The van der Waals surface area contributed by atoms with Crippen LogP contribution in [0.25, 0.3) is 0 Å². The second-order valence-corrected chi connectivity index (χ2v) is 5.68. The summed E-state index contributed by atoms with van der Waals surface area (Å²) >= 11 is 5.97. The number of hydrogen-bond donors (Lipinski definition) is 2. The Morgan fingerprint density at radius 2 is 2.04 bits per heavy atom. The van der Waals surface area contributed by atoms with E-state index in [1.807, 2.05) is 55.5 Å². The normalized spacial score (nSPS) is 10.4. The van der Waals surface area contributed by atoms with Crippen LogP contribution in [0.3, 0.4) is 0 Å². The van der Waals surface area contributed by atoms with Gasteiger partial charge >= 0.3 is 0 Å². The van der Waals surface area contributed by atoms with E-state index < -0.39 is 5.56 Å². The van der Waals surface area contributed by atoms with Crippen molar-refractivity contribution in [2.45, 2.75) is 13.5 Å². The fraction of sp³-hybridized carbons (Fsp3) is 0.111. The number of halogens is 1. The van der Waals surface area contributed by atoms with Crippen LogP contribution in [0.4, 0.5) is 5.69 Å². The summed E-state index contributed by atoms with van der Waals surface area (Å²) in [6.07, 6.45) is 1.48. The number of para-hydroxylation sites is 1. The zero-order chi connectivity index (χ0) is 16.9. The Labute approximate surface area is 144 Å². The number of benzene rings is 2. The van der Waals surface area contributed by atoms with Gasteiger partial charge in [-0.25, -0.2) is 5.10 Å². The van der Waals surface area contributed by atoms with Gasteiger partial charge in [0.1, 0.15) is 16.5 Å². The van der Waals surface area contributed by atoms with E-state index in [-0.39, 0.29) is 5.02 Å². The van der Waals surface area contributed by atoms with Crippen LogP contribution in [-0.4, -0.2) is 10.2 Å². The van der Waals surface area contributed by atoms with Gasteiger partial charge in [-0.15, -0.1) is 0 Å². The summed E-state index contributed by atoms with van der Waals surface area (Å²) in [6.45, 7) is 2.47. The largest absolute Gasteiger partial charge is 0.457 e. The van der Waals surface area contributed by atoms with Crippen LogP contribution in [0.1, 0.15) is 11.1 Å². The Bertz CT molecular complexity index is 909. The molecular weight excluding hydrogens is 326 g/mol. The Kier molecular flexibility index (Phi) is 4.82. The summed E-state index contributed by atoms with van der Waals surface area (Å²) in [5, 5.41) is 9.23. The van der Waals surface area contributed by atoms with Crippen LogP contribution in [0.15, 0.2) is 59.5 Å². The lowest BCUT2D eigenvalue weighted by atomic mass is 10.2. The van der Waals surface area contributed by atoms with Gasteiger partial charge in [0.05, 0.1) is 11.9 Å². The van der Waals surface area contributed by atoms with Crippen molar-refractivity contribution in [3.8, 4) is 11.5 Å². The SMILES string of the molecule is Cc1cccc(Oc2ccccc2CNc2cn[nH]c(=O)c2Cl)c1. The quantitative estimate of drug-likeness (QED) is 0.732. The molecule has 0 atom stereocenters. The summed E-state index contributed by atoms with van der Waals surface area (Å²) < 4.78 is 5.98. The number of aromatic nitrogens is 2. The predicted molar refractivity (Wildman–Crippen MR) is 94.9 cm³/mol. The summed E-state index contributed by atoms with van der Waals surface area (Å²) in [5.41, 5.74) is 2.12. The van der Waals surface area contributed by atoms with Crippen molar-refractivity contribution in [1.29, 1.82) is 0 Å². The highest BCUT2D eigenvalue weighted by Gasteiger charge is 2.08. The molecule has 0 spiro atoms. The van der Waals surface area contributed by atoms with Gasteiger partial charge in [0.25, 0.3) is 5.56 Å². The van der Waals surface area contributed by atoms with Crippen molar-refractivity contribution >= 4 is 17.3 Å². The average molecular weight is 342 g/mol. The molecular formula is C18H16ClN3O2. The molecule has 0 saturated heterocycles. The van der Waals surface area contributed by atoms with E-state index in [4.69, 9.17) is 16.3 Å². The van der Waals surface area contributed by atoms with Gasteiger partial charge in [-0.05, 0) is 30.7 Å². The Morgan fingerprint density at radius 1 is 1.21 bits per heavy atom. The fourth-order valence-electron chi connectivity index (χ4n) is 2.25. The molecule has 0 bridgehead atoms. The first-order valence-corrected chi connectivity index (χ1v) is 7.81. The van der Waals surface area contributed by atoms with Gasteiger partial charge in [-0.1, -0.05) is 41.9 Å². The Morgan fingerprint density at radius 3 is 2.88 bits per heavy atom. The number of ether oxygens (including phenoxy) is 1. The van der Waals surface area contributed by atoms with Gasteiger partial charge in [-0.3, -0.25) is 4.79 Å². The summed E-state index contributed by atoms with van der Waals surface area (Å²) in [5.74, 6) is 1.52. The van der Waals surface area contributed by atoms with E-state index in [0.717, 1.165) is 22.6 Å². The highest BCUT2D eigenvalue weighted by Crippen LogP contribution is 2.27. The number of rotatable bonds is 5. The maximum atomic E-state index is 11.5. The number of hydrogen-bond acceptors (Lipinski definition) is 4. The molecule has 0 fully saturated rings.